The lowest BCUT2D eigenvalue weighted by Gasteiger charge is -2.24. The molecule has 2 N–H and O–H groups in total. The van der Waals surface area contributed by atoms with Gasteiger partial charge in [0.1, 0.15) is 18.5 Å². The molecule has 0 fully saturated rings. The first-order valence-corrected chi connectivity index (χ1v) is 9.20. The summed E-state index contributed by atoms with van der Waals surface area (Å²) in [6.07, 6.45) is 2.23. The zero-order chi connectivity index (χ0) is 18.1. The van der Waals surface area contributed by atoms with Gasteiger partial charge in [0.25, 0.3) is 0 Å². The van der Waals surface area contributed by atoms with E-state index in [2.05, 4.69) is 16.1 Å². The topological polar surface area (TPSA) is 70.8 Å². The summed E-state index contributed by atoms with van der Waals surface area (Å²) in [6, 6.07) is 7.56. The monoisotopic (exact) mass is 375 g/mol. The molecule has 0 radical (unpaired) electrons. The van der Waals surface area contributed by atoms with Crippen molar-refractivity contribution in [3.8, 4) is 5.75 Å². The molecule has 0 spiro atoms. The Morgan fingerprint density at radius 2 is 2.15 bits per heavy atom. The second-order valence-corrected chi connectivity index (χ2v) is 7.26. The number of benzene rings is 1. The average Bonchev–Trinajstić information content (AvgIpc) is 2.94. The third-order valence-corrected chi connectivity index (χ3v) is 5.03. The summed E-state index contributed by atoms with van der Waals surface area (Å²) in [7, 11) is 0. The number of hydrogen-bond acceptors (Lipinski definition) is 5. The molecule has 0 saturated heterocycles. The highest BCUT2D eigenvalue weighted by atomic mass is 35.5. The Morgan fingerprint density at radius 3 is 3.00 bits per heavy atom. The van der Waals surface area contributed by atoms with E-state index in [1.807, 2.05) is 28.9 Å². The molecule has 0 saturated carbocycles. The highest BCUT2D eigenvalue weighted by molar-refractivity contribution is 6.30. The normalized spacial score (nSPS) is 18.3. The van der Waals surface area contributed by atoms with E-state index < -0.39 is 6.10 Å². The lowest BCUT2D eigenvalue weighted by Crippen LogP contribution is -2.28. The van der Waals surface area contributed by atoms with Crippen LogP contribution in [0.2, 0.25) is 5.02 Å². The summed E-state index contributed by atoms with van der Waals surface area (Å²) in [6.45, 7) is 3.63. The summed E-state index contributed by atoms with van der Waals surface area (Å²) >= 11 is 6.09. The van der Waals surface area contributed by atoms with E-state index in [0.717, 1.165) is 49.6 Å². The third-order valence-electron chi connectivity index (χ3n) is 4.80. The van der Waals surface area contributed by atoms with Crippen molar-refractivity contribution in [3.05, 3.63) is 51.8 Å². The number of aliphatic hydroxyl groups excluding tert-OH is 2. The number of rotatable bonds is 4. The lowest BCUT2D eigenvalue weighted by molar-refractivity contribution is 0.0916. The van der Waals surface area contributed by atoms with Crippen molar-refractivity contribution in [1.29, 1.82) is 0 Å². The number of fused-ring (bicyclic) bond motifs is 2. The van der Waals surface area contributed by atoms with Crippen molar-refractivity contribution in [2.75, 3.05) is 26.3 Å². The van der Waals surface area contributed by atoms with E-state index in [0.29, 0.717) is 17.3 Å². The Morgan fingerprint density at radius 1 is 1.27 bits per heavy atom. The van der Waals surface area contributed by atoms with E-state index in [1.165, 1.54) is 5.57 Å². The Balaban J connectivity index is 1.50. The van der Waals surface area contributed by atoms with Crippen LogP contribution in [0.3, 0.4) is 0 Å². The molecule has 1 atom stereocenters. The van der Waals surface area contributed by atoms with Gasteiger partial charge in [-0.1, -0.05) is 11.6 Å². The van der Waals surface area contributed by atoms with Gasteiger partial charge in [0, 0.05) is 36.8 Å². The maximum atomic E-state index is 9.82. The van der Waals surface area contributed by atoms with E-state index in [9.17, 15) is 5.11 Å². The van der Waals surface area contributed by atoms with Crippen LogP contribution in [-0.2, 0) is 13.1 Å². The maximum absolute atomic E-state index is 9.82. The molecule has 1 aromatic carbocycles. The first kappa shape index (κ1) is 17.5. The number of aliphatic hydroxyl groups is 2. The molecular weight excluding hydrogens is 354 g/mol. The Bertz CT molecular complexity index is 833. The van der Waals surface area contributed by atoms with Gasteiger partial charge in [-0.3, -0.25) is 9.58 Å². The zero-order valence-corrected chi connectivity index (χ0v) is 15.2. The molecule has 2 aromatic rings. The standard InChI is InChI=1S/C19H22ClN3O3/c20-15-2-3-19-14(7-15)6-13(12-26-19)9-22-4-1-5-23-16(10-22)8-17(21-23)18(25)11-24/h2-3,6-8,18,24-25H,1,4-5,9-12H2/t18-/m1/s1. The van der Waals surface area contributed by atoms with Crippen molar-refractivity contribution in [1.82, 2.24) is 14.7 Å². The Labute approximate surface area is 157 Å². The van der Waals surface area contributed by atoms with Crippen LogP contribution >= 0.6 is 11.6 Å². The van der Waals surface area contributed by atoms with Gasteiger partial charge < -0.3 is 14.9 Å². The second-order valence-electron chi connectivity index (χ2n) is 6.82. The van der Waals surface area contributed by atoms with Gasteiger partial charge in [-0.15, -0.1) is 0 Å². The number of halogens is 1. The van der Waals surface area contributed by atoms with Crippen molar-refractivity contribution in [2.45, 2.75) is 25.6 Å². The third kappa shape index (κ3) is 3.64. The molecule has 0 unspecified atom stereocenters. The minimum atomic E-state index is -0.918. The fraction of sp³-hybridized carbons (Fsp3) is 0.421. The highest BCUT2D eigenvalue weighted by Crippen LogP contribution is 2.29. The summed E-state index contributed by atoms with van der Waals surface area (Å²) in [4.78, 5) is 2.36. The molecule has 1 aromatic heterocycles. The van der Waals surface area contributed by atoms with Gasteiger partial charge in [0.2, 0.25) is 0 Å². The number of ether oxygens (including phenoxy) is 1. The van der Waals surface area contributed by atoms with E-state index in [-0.39, 0.29) is 6.61 Å². The predicted octanol–water partition coefficient (Wildman–Crippen LogP) is 2.24. The predicted molar refractivity (Wildman–Crippen MR) is 99.1 cm³/mol. The molecule has 0 amide bonds. The maximum Gasteiger partial charge on any atom is 0.127 e. The summed E-state index contributed by atoms with van der Waals surface area (Å²) < 4.78 is 7.79. The van der Waals surface area contributed by atoms with Crippen LogP contribution < -0.4 is 4.74 Å². The number of aromatic nitrogens is 2. The first-order valence-electron chi connectivity index (χ1n) is 8.82. The fourth-order valence-electron chi connectivity index (χ4n) is 3.52. The van der Waals surface area contributed by atoms with Crippen molar-refractivity contribution >= 4 is 17.7 Å². The first-order chi connectivity index (χ1) is 12.6. The van der Waals surface area contributed by atoms with Crippen LogP contribution in [0.1, 0.15) is 29.5 Å². The molecule has 0 aliphatic carbocycles. The molecule has 7 heteroatoms. The highest BCUT2D eigenvalue weighted by Gasteiger charge is 2.21. The van der Waals surface area contributed by atoms with Crippen LogP contribution in [0.4, 0.5) is 0 Å². The quantitative estimate of drug-likeness (QED) is 0.857. The molecule has 138 valence electrons. The van der Waals surface area contributed by atoms with Gasteiger partial charge in [0.15, 0.2) is 0 Å². The molecule has 0 bridgehead atoms. The average molecular weight is 376 g/mol. The zero-order valence-electron chi connectivity index (χ0n) is 14.4. The van der Waals surface area contributed by atoms with Gasteiger partial charge in [0.05, 0.1) is 18.0 Å². The minimum absolute atomic E-state index is 0.313. The smallest absolute Gasteiger partial charge is 0.127 e. The van der Waals surface area contributed by atoms with Crippen LogP contribution in [0.15, 0.2) is 29.8 Å². The molecule has 26 heavy (non-hydrogen) atoms. The molecule has 2 aliphatic heterocycles. The van der Waals surface area contributed by atoms with Crippen LogP contribution in [0, 0.1) is 0 Å². The van der Waals surface area contributed by atoms with Crippen molar-refractivity contribution < 1.29 is 14.9 Å². The van der Waals surface area contributed by atoms with Crippen molar-refractivity contribution in [2.24, 2.45) is 0 Å². The van der Waals surface area contributed by atoms with Gasteiger partial charge >= 0.3 is 0 Å². The van der Waals surface area contributed by atoms with Gasteiger partial charge in [-0.05, 0) is 42.3 Å². The minimum Gasteiger partial charge on any atom is -0.489 e. The van der Waals surface area contributed by atoms with Gasteiger partial charge in [-0.25, -0.2) is 0 Å². The molecule has 2 aliphatic rings. The van der Waals surface area contributed by atoms with E-state index in [4.69, 9.17) is 21.4 Å². The number of aryl methyl sites for hydroxylation is 1. The summed E-state index contributed by atoms with van der Waals surface area (Å²) in [5, 5.41) is 24.1. The SMILES string of the molecule is OC[C@@H](O)c1cc2n(n1)CCCN(CC1=Cc3cc(Cl)ccc3OC1)C2. The van der Waals surface area contributed by atoms with Crippen LogP contribution in [0.25, 0.3) is 6.08 Å². The molecular formula is C19H22ClN3O3. The molecule has 4 rings (SSSR count). The van der Waals surface area contributed by atoms with Crippen LogP contribution in [-0.4, -0.2) is 51.2 Å². The summed E-state index contributed by atoms with van der Waals surface area (Å²) in [5.74, 6) is 0.870. The number of nitrogens with zero attached hydrogens (tertiary/aromatic N) is 3. The van der Waals surface area contributed by atoms with E-state index in [1.54, 1.807) is 0 Å². The van der Waals surface area contributed by atoms with Gasteiger partial charge in [-0.2, -0.15) is 5.10 Å². The molecule has 3 heterocycles. The van der Waals surface area contributed by atoms with Crippen LogP contribution in [0.5, 0.6) is 5.75 Å². The second kappa shape index (κ2) is 7.40. The van der Waals surface area contributed by atoms with E-state index >= 15 is 0 Å². The summed E-state index contributed by atoms with van der Waals surface area (Å²) in [5.41, 5.74) is 3.83. The lowest BCUT2D eigenvalue weighted by atomic mass is 10.1. The Hall–Kier alpha value is -1.86. The largest absolute Gasteiger partial charge is 0.489 e. The number of hydrogen-bond donors (Lipinski definition) is 2. The van der Waals surface area contributed by atoms with Crippen molar-refractivity contribution in [3.63, 3.8) is 0 Å². The molecule has 6 nitrogen and oxygen atoms in total. The fourth-order valence-corrected chi connectivity index (χ4v) is 3.70. The Kier molecular flexibility index (Phi) is 5.00.